The molecule has 0 radical (unpaired) electrons. The average molecular weight is 238 g/mol. The van der Waals surface area contributed by atoms with E-state index in [0.717, 1.165) is 0 Å². The molecule has 0 aliphatic carbocycles. The van der Waals surface area contributed by atoms with Crippen LogP contribution in [-0.2, 0) is 0 Å². The second-order valence-corrected chi connectivity index (χ2v) is 3.97. The molecule has 2 N–H and O–H groups in total. The fraction of sp³-hybridized carbons (Fsp3) is 0.417. The Balaban J connectivity index is 2.56. The summed E-state index contributed by atoms with van der Waals surface area (Å²) < 4.78 is 10.4. The molecule has 1 aliphatic heterocycles. The molecule has 0 fully saturated rings. The highest BCUT2D eigenvalue weighted by molar-refractivity contribution is 5.47. The van der Waals surface area contributed by atoms with Gasteiger partial charge in [0.1, 0.15) is 35.4 Å². The molecule has 0 aromatic carbocycles. The maximum Gasteiger partial charge on any atom is 0.345 e. The zero-order valence-corrected chi connectivity index (χ0v) is 9.58. The van der Waals surface area contributed by atoms with Gasteiger partial charge in [-0.05, 0) is 19.9 Å². The monoisotopic (exact) mass is 238 g/mol. The van der Waals surface area contributed by atoms with Gasteiger partial charge in [-0.3, -0.25) is 0 Å². The molecule has 5 heteroatoms. The Morgan fingerprint density at radius 1 is 1.41 bits per heavy atom. The zero-order chi connectivity index (χ0) is 12.6. The van der Waals surface area contributed by atoms with Crippen molar-refractivity contribution >= 4 is 6.08 Å². The van der Waals surface area contributed by atoms with Crippen LogP contribution >= 0.6 is 0 Å². The third-order valence-corrected chi connectivity index (χ3v) is 2.71. The van der Waals surface area contributed by atoms with Gasteiger partial charge in [0.25, 0.3) is 0 Å². The maximum atomic E-state index is 11.7. The molecule has 1 aliphatic rings. The van der Waals surface area contributed by atoms with Crippen molar-refractivity contribution in [2.24, 2.45) is 0 Å². The molecule has 0 spiro atoms. The second-order valence-electron chi connectivity index (χ2n) is 3.97. The van der Waals surface area contributed by atoms with E-state index in [1.807, 2.05) is 0 Å². The van der Waals surface area contributed by atoms with Gasteiger partial charge < -0.3 is 19.4 Å². The SMILES string of the molecule is CC=Cc1cc2c(c(=O)o1)[C@H](O)[C@H](O)[C@H](C)O2. The van der Waals surface area contributed by atoms with Crippen LogP contribution in [0.5, 0.6) is 5.75 Å². The molecule has 1 aromatic heterocycles. The van der Waals surface area contributed by atoms with Crippen LogP contribution in [0, 0.1) is 0 Å². The van der Waals surface area contributed by atoms with Crippen LogP contribution in [0.4, 0.5) is 0 Å². The number of allylic oxidation sites excluding steroid dienone is 1. The van der Waals surface area contributed by atoms with E-state index in [0.29, 0.717) is 5.76 Å². The topological polar surface area (TPSA) is 79.9 Å². The van der Waals surface area contributed by atoms with Gasteiger partial charge in [0.05, 0.1) is 0 Å². The zero-order valence-electron chi connectivity index (χ0n) is 9.58. The summed E-state index contributed by atoms with van der Waals surface area (Å²) in [5, 5.41) is 19.4. The minimum absolute atomic E-state index is 0.0242. The Bertz CT molecular complexity index is 502. The first-order chi connectivity index (χ1) is 8.04. The van der Waals surface area contributed by atoms with Crippen molar-refractivity contribution in [1.29, 1.82) is 0 Å². The summed E-state index contributed by atoms with van der Waals surface area (Å²) >= 11 is 0. The lowest BCUT2D eigenvalue weighted by Crippen LogP contribution is -2.40. The smallest absolute Gasteiger partial charge is 0.345 e. The number of hydrogen-bond donors (Lipinski definition) is 2. The summed E-state index contributed by atoms with van der Waals surface area (Å²) in [4.78, 5) is 11.7. The summed E-state index contributed by atoms with van der Waals surface area (Å²) in [6.07, 6.45) is 0.371. The molecule has 92 valence electrons. The molecule has 0 unspecified atom stereocenters. The molecule has 2 heterocycles. The number of hydrogen-bond acceptors (Lipinski definition) is 5. The lowest BCUT2D eigenvalue weighted by Gasteiger charge is -2.31. The average Bonchev–Trinajstić information content (AvgIpc) is 2.25. The van der Waals surface area contributed by atoms with Crippen molar-refractivity contribution in [2.75, 3.05) is 0 Å². The van der Waals surface area contributed by atoms with E-state index in [4.69, 9.17) is 9.15 Å². The van der Waals surface area contributed by atoms with E-state index in [1.54, 1.807) is 26.0 Å². The number of fused-ring (bicyclic) bond motifs is 1. The highest BCUT2D eigenvalue weighted by Gasteiger charge is 2.36. The van der Waals surface area contributed by atoms with Crippen molar-refractivity contribution in [3.63, 3.8) is 0 Å². The van der Waals surface area contributed by atoms with Gasteiger partial charge in [-0.25, -0.2) is 4.79 Å². The van der Waals surface area contributed by atoms with Gasteiger partial charge >= 0.3 is 5.63 Å². The largest absolute Gasteiger partial charge is 0.487 e. The van der Waals surface area contributed by atoms with E-state index in [2.05, 4.69) is 0 Å². The van der Waals surface area contributed by atoms with Crippen LogP contribution in [0.25, 0.3) is 6.08 Å². The van der Waals surface area contributed by atoms with Crippen molar-refractivity contribution in [3.8, 4) is 5.75 Å². The van der Waals surface area contributed by atoms with Gasteiger partial charge in [-0.2, -0.15) is 0 Å². The van der Waals surface area contributed by atoms with Gasteiger partial charge in [0.2, 0.25) is 0 Å². The molecule has 0 amide bonds. The maximum absolute atomic E-state index is 11.7. The quantitative estimate of drug-likeness (QED) is 0.758. The summed E-state index contributed by atoms with van der Waals surface area (Å²) in [7, 11) is 0. The van der Waals surface area contributed by atoms with Crippen LogP contribution in [-0.4, -0.2) is 22.4 Å². The van der Waals surface area contributed by atoms with Gasteiger partial charge in [-0.1, -0.05) is 6.08 Å². The molecule has 0 saturated carbocycles. The third-order valence-electron chi connectivity index (χ3n) is 2.71. The standard InChI is InChI=1S/C12H14O5/c1-3-4-7-5-8-9(12(15)17-7)11(14)10(13)6(2)16-8/h3-6,10-11,13-14H,1-2H3/t6-,10+,11-/m0/s1. The van der Waals surface area contributed by atoms with Crippen molar-refractivity contribution in [3.05, 3.63) is 33.9 Å². The van der Waals surface area contributed by atoms with Crippen LogP contribution in [0.1, 0.15) is 31.3 Å². The first-order valence-electron chi connectivity index (χ1n) is 5.38. The van der Waals surface area contributed by atoms with Crippen molar-refractivity contribution in [1.82, 2.24) is 0 Å². The Hall–Kier alpha value is -1.59. The Labute approximate surface area is 98.0 Å². The number of aliphatic hydroxyl groups excluding tert-OH is 2. The molecule has 0 saturated heterocycles. The molecule has 2 rings (SSSR count). The molecule has 0 bridgehead atoms. The first-order valence-corrected chi connectivity index (χ1v) is 5.38. The van der Waals surface area contributed by atoms with Crippen LogP contribution in [0.2, 0.25) is 0 Å². The number of aliphatic hydroxyl groups is 2. The first kappa shape index (κ1) is 11.9. The van der Waals surface area contributed by atoms with Crippen molar-refractivity contribution in [2.45, 2.75) is 32.2 Å². The van der Waals surface area contributed by atoms with Crippen molar-refractivity contribution < 1.29 is 19.4 Å². The van der Waals surface area contributed by atoms with Crippen LogP contribution < -0.4 is 10.4 Å². The fourth-order valence-corrected chi connectivity index (χ4v) is 1.81. The Morgan fingerprint density at radius 2 is 2.12 bits per heavy atom. The molecule has 5 nitrogen and oxygen atoms in total. The minimum atomic E-state index is -1.27. The van der Waals surface area contributed by atoms with Gasteiger partial charge in [-0.15, -0.1) is 0 Å². The van der Waals surface area contributed by atoms with Crippen LogP contribution in [0.15, 0.2) is 21.4 Å². The predicted molar refractivity (Wildman–Crippen MR) is 60.7 cm³/mol. The van der Waals surface area contributed by atoms with E-state index in [9.17, 15) is 15.0 Å². The Kier molecular flexibility index (Phi) is 3.04. The molecular formula is C12H14O5. The van der Waals surface area contributed by atoms with Crippen LogP contribution in [0.3, 0.4) is 0 Å². The Morgan fingerprint density at radius 3 is 2.76 bits per heavy atom. The van der Waals surface area contributed by atoms with Gasteiger partial charge in [0, 0.05) is 6.07 Å². The summed E-state index contributed by atoms with van der Waals surface area (Å²) in [5.74, 6) is 0.617. The summed E-state index contributed by atoms with van der Waals surface area (Å²) in [6.45, 7) is 3.42. The highest BCUT2D eigenvalue weighted by Crippen LogP contribution is 2.33. The summed E-state index contributed by atoms with van der Waals surface area (Å²) in [6, 6.07) is 1.53. The fourth-order valence-electron chi connectivity index (χ4n) is 1.81. The van der Waals surface area contributed by atoms with Gasteiger partial charge in [0.15, 0.2) is 0 Å². The summed E-state index contributed by atoms with van der Waals surface area (Å²) in [5.41, 5.74) is -0.710. The van der Waals surface area contributed by atoms with E-state index >= 15 is 0 Å². The number of rotatable bonds is 1. The normalized spacial score (nSPS) is 27.9. The second kappa shape index (κ2) is 4.35. The lowest BCUT2D eigenvalue weighted by atomic mass is 9.98. The molecule has 17 heavy (non-hydrogen) atoms. The minimum Gasteiger partial charge on any atom is -0.487 e. The predicted octanol–water partition coefficient (Wildman–Crippen LogP) is 0.848. The molecular weight excluding hydrogens is 224 g/mol. The van der Waals surface area contributed by atoms with E-state index < -0.39 is 23.9 Å². The molecule has 3 atom stereocenters. The third kappa shape index (κ3) is 1.99. The molecule has 1 aromatic rings. The van der Waals surface area contributed by atoms with E-state index in [1.165, 1.54) is 6.07 Å². The highest BCUT2D eigenvalue weighted by atomic mass is 16.5. The lowest BCUT2D eigenvalue weighted by molar-refractivity contribution is -0.0636. The van der Waals surface area contributed by atoms with E-state index in [-0.39, 0.29) is 11.3 Å². The number of ether oxygens (including phenoxy) is 1.